The van der Waals surface area contributed by atoms with Gasteiger partial charge in [0.2, 0.25) is 5.91 Å². The Kier molecular flexibility index (Phi) is 7.49. The standard InChI is InChI=1S/C20H23NO5/c1-25-17-9-11-18(12-10-17)26-13-5-8-19(22)21(15-20(23)24)14-16-6-3-2-4-7-16/h2-4,6-7,9-12H,5,8,13-15H2,1H3,(H,23,24). The second kappa shape index (κ2) is 10.1. The molecule has 0 heterocycles. The van der Waals surface area contributed by atoms with E-state index in [0.29, 0.717) is 18.8 Å². The second-order valence-corrected chi connectivity index (χ2v) is 5.76. The molecule has 0 aromatic heterocycles. The number of methoxy groups -OCH3 is 1. The number of rotatable bonds is 10. The molecule has 0 unspecified atom stereocenters. The average Bonchev–Trinajstić information content (AvgIpc) is 2.65. The Morgan fingerprint density at radius 2 is 1.65 bits per heavy atom. The minimum atomic E-state index is -1.02. The van der Waals surface area contributed by atoms with Crippen LogP contribution in [0.4, 0.5) is 0 Å². The van der Waals surface area contributed by atoms with Crippen molar-refractivity contribution >= 4 is 11.9 Å². The van der Waals surface area contributed by atoms with Crippen molar-refractivity contribution in [3.63, 3.8) is 0 Å². The molecule has 0 aliphatic rings. The third-order valence-corrected chi connectivity index (χ3v) is 3.76. The van der Waals surface area contributed by atoms with E-state index in [1.54, 1.807) is 31.4 Å². The summed E-state index contributed by atoms with van der Waals surface area (Å²) in [5.74, 6) is 0.223. The first-order valence-electron chi connectivity index (χ1n) is 8.39. The monoisotopic (exact) mass is 357 g/mol. The van der Waals surface area contributed by atoms with Gasteiger partial charge in [0.25, 0.3) is 0 Å². The molecule has 0 atom stereocenters. The van der Waals surface area contributed by atoms with Gasteiger partial charge in [0, 0.05) is 13.0 Å². The highest BCUT2D eigenvalue weighted by atomic mass is 16.5. The third-order valence-electron chi connectivity index (χ3n) is 3.76. The fraction of sp³-hybridized carbons (Fsp3) is 0.300. The minimum absolute atomic E-state index is 0.199. The molecule has 6 nitrogen and oxygen atoms in total. The zero-order chi connectivity index (χ0) is 18.8. The highest BCUT2D eigenvalue weighted by molar-refractivity contribution is 5.81. The molecule has 0 bridgehead atoms. The van der Waals surface area contributed by atoms with Crippen LogP contribution in [0, 0.1) is 0 Å². The molecule has 0 aliphatic heterocycles. The van der Waals surface area contributed by atoms with Crippen molar-refractivity contribution in [2.45, 2.75) is 19.4 Å². The Bertz CT molecular complexity index is 700. The first-order valence-corrected chi connectivity index (χ1v) is 8.39. The van der Waals surface area contributed by atoms with Gasteiger partial charge in [-0.3, -0.25) is 9.59 Å². The quantitative estimate of drug-likeness (QED) is 0.662. The lowest BCUT2D eigenvalue weighted by Crippen LogP contribution is -2.35. The molecule has 138 valence electrons. The maximum Gasteiger partial charge on any atom is 0.323 e. The summed E-state index contributed by atoms with van der Waals surface area (Å²) in [6, 6.07) is 16.5. The topological polar surface area (TPSA) is 76.1 Å². The lowest BCUT2D eigenvalue weighted by Gasteiger charge is -2.21. The predicted molar refractivity (Wildman–Crippen MR) is 97.2 cm³/mol. The number of carbonyl (C=O) groups is 2. The van der Waals surface area contributed by atoms with Gasteiger partial charge >= 0.3 is 5.97 Å². The van der Waals surface area contributed by atoms with Gasteiger partial charge in [-0.05, 0) is 36.2 Å². The Balaban J connectivity index is 1.81. The summed E-state index contributed by atoms with van der Waals surface area (Å²) in [6.45, 7) is 0.350. The number of nitrogens with zero attached hydrogens (tertiary/aromatic N) is 1. The van der Waals surface area contributed by atoms with Gasteiger partial charge in [-0.15, -0.1) is 0 Å². The largest absolute Gasteiger partial charge is 0.497 e. The van der Waals surface area contributed by atoms with Gasteiger partial charge in [0.05, 0.1) is 13.7 Å². The molecule has 1 amide bonds. The van der Waals surface area contributed by atoms with Crippen molar-refractivity contribution in [2.24, 2.45) is 0 Å². The van der Waals surface area contributed by atoms with Crippen LogP contribution in [0.5, 0.6) is 11.5 Å². The highest BCUT2D eigenvalue weighted by Gasteiger charge is 2.16. The molecule has 0 saturated heterocycles. The second-order valence-electron chi connectivity index (χ2n) is 5.76. The molecular weight excluding hydrogens is 334 g/mol. The van der Waals surface area contributed by atoms with Crippen molar-refractivity contribution < 1.29 is 24.2 Å². The van der Waals surface area contributed by atoms with E-state index in [1.807, 2.05) is 30.3 Å². The number of hydrogen-bond donors (Lipinski definition) is 1. The van der Waals surface area contributed by atoms with E-state index in [0.717, 1.165) is 11.3 Å². The van der Waals surface area contributed by atoms with Gasteiger partial charge in [0.1, 0.15) is 18.0 Å². The maximum atomic E-state index is 12.4. The molecule has 26 heavy (non-hydrogen) atoms. The van der Waals surface area contributed by atoms with Gasteiger partial charge in [-0.25, -0.2) is 0 Å². The average molecular weight is 357 g/mol. The summed E-state index contributed by atoms with van der Waals surface area (Å²) in [6.07, 6.45) is 0.742. The Labute approximate surface area is 153 Å². The zero-order valence-corrected chi connectivity index (χ0v) is 14.8. The predicted octanol–water partition coefficient (Wildman–Crippen LogP) is 2.97. The van der Waals surface area contributed by atoms with E-state index in [1.165, 1.54) is 4.90 Å². The smallest absolute Gasteiger partial charge is 0.323 e. The summed E-state index contributed by atoms with van der Waals surface area (Å²) in [7, 11) is 1.60. The summed E-state index contributed by atoms with van der Waals surface area (Å²) < 4.78 is 10.7. The minimum Gasteiger partial charge on any atom is -0.497 e. The summed E-state index contributed by atoms with van der Waals surface area (Å²) in [5, 5.41) is 9.04. The highest BCUT2D eigenvalue weighted by Crippen LogP contribution is 2.17. The summed E-state index contributed by atoms with van der Waals surface area (Å²) in [4.78, 5) is 24.8. The zero-order valence-electron chi connectivity index (χ0n) is 14.8. The molecule has 0 aliphatic carbocycles. The molecule has 0 fully saturated rings. The van der Waals surface area contributed by atoms with Gasteiger partial charge < -0.3 is 19.5 Å². The fourth-order valence-electron chi connectivity index (χ4n) is 2.44. The Morgan fingerprint density at radius 1 is 1.00 bits per heavy atom. The van der Waals surface area contributed by atoms with Gasteiger partial charge in [-0.2, -0.15) is 0 Å². The lowest BCUT2D eigenvalue weighted by atomic mass is 10.2. The normalized spacial score (nSPS) is 10.2. The van der Waals surface area contributed by atoms with Crippen LogP contribution in [0.3, 0.4) is 0 Å². The van der Waals surface area contributed by atoms with Crippen molar-refractivity contribution in [3.05, 3.63) is 60.2 Å². The van der Waals surface area contributed by atoms with Crippen LogP contribution in [0.25, 0.3) is 0 Å². The van der Waals surface area contributed by atoms with E-state index < -0.39 is 5.97 Å². The number of carboxylic acids is 1. The van der Waals surface area contributed by atoms with Crippen LogP contribution >= 0.6 is 0 Å². The van der Waals surface area contributed by atoms with Gasteiger partial charge in [-0.1, -0.05) is 30.3 Å². The Hall–Kier alpha value is -3.02. The third kappa shape index (κ3) is 6.47. The SMILES string of the molecule is COc1ccc(OCCCC(=O)N(CC(=O)O)Cc2ccccc2)cc1. The van der Waals surface area contributed by atoms with Gasteiger partial charge in [0.15, 0.2) is 0 Å². The van der Waals surface area contributed by atoms with Crippen LogP contribution in [0.2, 0.25) is 0 Å². The molecule has 0 radical (unpaired) electrons. The lowest BCUT2D eigenvalue weighted by molar-refractivity contribution is -0.145. The molecule has 2 aromatic rings. The first kappa shape index (κ1) is 19.3. The van der Waals surface area contributed by atoms with E-state index in [-0.39, 0.29) is 25.4 Å². The Morgan fingerprint density at radius 3 is 2.27 bits per heavy atom. The van der Waals surface area contributed by atoms with Crippen LogP contribution in [0.15, 0.2) is 54.6 Å². The van der Waals surface area contributed by atoms with Crippen LogP contribution in [0.1, 0.15) is 18.4 Å². The molecule has 2 rings (SSSR count). The van der Waals surface area contributed by atoms with Crippen molar-refractivity contribution in [2.75, 3.05) is 20.3 Å². The van der Waals surface area contributed by atoms with E-state index in [2.05, 4.69) is 0 Å². The van der Waals surface area contributed by atoms with Crippen molar-refractivity contribution in [1.29, 1.82) is 0 Å². The molecule has 2 aromatic carbocycles. The number of hydrogen-bond acceptors (Lipinski definition) is 4. The molecule has 6 heteroatoms. The number of carbonyl (C=O) groups excluding carboxylic acids is 1. The molecule has 1 N–H and O–H groups in total. The molecule has 0 saturated carbocycles. The number of ether oxygens (including phenoxy) is 2. The number of aliphatic carboxylic acids is 1. The van der Waals surface area contributed by atoms with E-state index in [9.17, 15) is 9.59 Å². The fourth-order valence-corrected chi connectivity index (χ4v) is 2.44. The summed E-state index contributed by atoms with van der Waals surface area (Å²) >= 11 is 0. The number of carboxylic acid groups (broad SMARTS) is 1. The van der Waals surface area contributed by atoms with E-state index >= 15 is 0 Å². The van der Waals surface area contributed by atoms with Crippen LogP contribution < -0.4 is 9.47 Å². The number of benzene rings is 2. The van der Waals surface area contributed by atoms with Crippen LogP contribution in [-0.2, 0) is 16.1 Å². The van der Waals surface area contributed by atoms with E-state index in [4.69, 9.17) is 14.6 Å². The van der Waals surface area contributed by atoms with Crippen LogP contribution in [-0.4, -0.2) is 42.1 Å². The number of amides is 1. The van der Waals surface area contributed by atoms with Crippen molar-refractivity contribution in [1.82, 2.24) is 4.90 Å². The van der Waals surface area contributed by atoms with Crippen molar-refractivity contribution in [3.8, 4) is 11.5 Å². The first-order chi connectivity index (χ1) is 12.6. The molecule has 0 spiro atoms. The molecular formula is C20H23NO5. The maximum absolute atomic E-state index is 12.4. The summed E-state index contributed by atoms with van der Waals surface area (Å²) in [5.41, 5.74) is 0.900.